The maximum atomic E-state index is 11.0. The summed E-state index contributed by atoms with van der Waals surface area (Å²) in [5.74, 6) is 0.362. The molecule has 1 aromatic heterocycles. The number of halogens is 1. The Morgan fingerprint density at radius 2 is 1.97 bits per heavy atom. The van der Waals surface area contributed by atoms with Gasteiger partial charge in [0.1, 0.15) is 5.75 Å². The molecule has 1 unspecified atom stereocenters. The molecule has 30 heavy (non-hydrogen) atoms. The van der Waals surface area contributed by atoms with Crippen LogP contribution in [0.15, 0.2) is 68.7 Å². The van der Waals surface area contributed by atoms with Crippen molar-refractivity contribution in [3.05, 3.63) is 87.2 Å². The van der Waals surface area contributed by atoms with Crippen LogP contribution < -0.4 is 16.2 Å². The molecule has 1 atom stereocenters. The molecule has 0 aliphatic carbocycles. The van der Waals surface area contributed by atoms with Crippen LogP contribution in [0.4, 0.5) is 0 Å². The number of ether oxygens (including phenoxy) is 1. The molecule has 0 radical (unpaired) electrons. The highest BCUT2D eigenvalue weighted by Gasteiger charge is 2.15. The minimum atomic E-state index is -0.579. The molecule has 0 amide bonds. The van der Waals surface area contributed by atoms with E-state index in [1.165, 1.54) is 16.3 Å². The third-order valence-corrected chi connectivity index (χ3v) is 5.16. The summed E-state index contributed by atoms with van der Waals surface area (Å²) in [5.41, 5.74) is 8.39. The smallest absolute Gasteiger partial charge is 0.434 e. The number of fused-ring (bicyclic) bond motifs is 1. The number of H-pyrrole nitrogens is 1. The fourth-order valence-corrected chi connectivity index (χ4v) is 3.56. The Morgan fingerprint density at radius 3 is 2.60 bits per heavy atom. The van der Waals surface area contributed by atoms with Crippen LogP contribution in [0.3, 0.4) is 0 Å². The summed E-state index contributed by atoms with van der Waals surface area (Å²) < 4.78 is 9.88. The molecular weight excluding hydrogens is 422 g/mol. The van der Waals surface area contributed by atoms with Crippen LogP contribution in [0.25, 0.3) is 10.8 Å². The van der Waals surface area contributed by atoms with Crippen molar-refractivity contribution in [2.75, 3.05) is 7.11 Å². The van der Waals surface area contributed by atoms with Crippen molar-refractivity contribution in [3.8, 4) is 5.75 Å². The van der Waals surface area contributed by atoms with Gasteiger partial charge in [-0.2, -0.15) is 0 Å². The number of hydrogen-bond acceptors (Lipinski definition) is 6. The molecule has 0 saturated heterocycles. The first-order chi connectivity index (χ1) is 14.4. The predicted octanol–water partition coefficient (Wildman–Crippen LogP) is 4.70. The van der Waals surface area contributed by atoms with E-state index in [4.69, 9.17) is 26.5 Å². The Bertz CT molecular complexity index is 1200. The summed E-state index contributed by atoms with van der Waals surface area (Å²) in [6.07, 6.45) is 0.565. The second-order valence-corrected chi connectivity index (χ2v) is 7.59. The van der Waals surface area contributed by atoms with Crippen LogP contribution in [0, 0.1) is 6.92 Å². The maximum absolute atomic E-state index is 11.0. The number of aromatic nitrogens is 2. The minimum absolute atomic E-state index is 0.237. The molecule has 3 N–H and O–H groups in total. The van der Waals surface area contributed by atoms with E-state index in [1.54, 1.807) is 25.3 Å². The van der Waals surface area contributed by atoms with Crippen LogP contribution in [0.1, 0.15) is 23.1 Å². The first kappa shape index (κ1) is 22.0. The summed E-state index contributed by atoms with van der Waals surface area (Å²) in [6.45, 7) is 2.08. The van der Waals surface area contributed by atoms with Crippen LogP contribution in [0.5, 0.6) is 5.75 Å². The lowest BCUT2D eigenvalue weighted by molar-refractivity contribution is 0.405. The number of nitrogens with two attached hydrogens (primary N) is 1. The molecule has 6 nitrogen and oxygen atoms in total. The Hall–Kier alpha value is -2.74. The summed E-state index contributed by atoms with van der Waals surface area (Å²) in [4.78, 5) is 11.8. The number of aromatic amines is 1. The summed E-state index contributed by atoms with van der Waals surface area (Å²) in [6, 6.07) is 17.2. The molecule has 0 saturated carbocycles. The van der Waals surface area contributed by atoms with Gasteiger partial charge in [0, 0.05) is 9.92 Å². The molecule has 0 aliphatic rings. The van der Waals surface area contributed by atoms with Crippen molar-refractivity contribution < 1.29 is 9.15 Å². The molecule has 0 bridgehead atoms. The number of thiol groups is 1. The molecule has 0 spiro atoms. The zero-order chi connectivity index (χ0) is 21.7. The van der Waals surface area contributed by atoms with E-state index in [9.17, 15) is 4.79 Å². The van der Waals surface area contributed by atoms with Gasteiger partial charge in [-0.05, 0) is 53.4 Å². The Morgan fingerprint density at radius 1 is 1.23 bits per heavy atom. The predicted molar refractivity (Wildman–Crippen MR) is 122 cm³/mol. The summed E-state index contributed by atoms with van der Waals surface area (Å²) in [7, 11) is 1.59. The summed E-state index contributed by atoms with van der Waals surface area (Å²) >= 11 is 9.82. The second kappa shape index (κ2) is 9.84. The average molecular weight is 444 g/mol. The molecule has 156 valence electrons. The van der Waals surface area contributed by atoms with Gasteiger partial charge in [-0.1, -0.05) is 48.0 Å². The monoisotopic (exact) mass is 443 g/mol. The van der Waals surface area contributed by atoms with Gasteiger partial charge in [0.15, 0.2) is 0 Å². The van der Waals surface area contributed by atoms with E-state index in [2.05, 4.69) is 47.9 Å². The van der Waals surface area contributed by atoms with E-state index >= 15 is 0 Å². The fraction of sp³-hybridized carbons (Fsp3) is 0.182. The van der Waals surface area contributed by atoms with Crippen molar-refractivity contribution in [1.82, 2.24) is 10.2 Å². The number of methoxy groups -OCH3 is 1. The number of nitrogens with zero attached hydrogens (tertiary/aromatic N) is 1. The van der Waals surface area contributed by atoms with Gasteiger partial charge in [0.25, 0.3) is 0 Å². The maximum Gasteiger partial charge on any atom is 0.434 e. The quantitative estimate of drug-likeness (QED) is 0.397. The van der Waals surface area contributed by atoms with Crippen LogP contribution >= 0.6 is 24.2 Å². The van der Waals surface area contributed by atoms with Crippen LogP contribution in [0.2, 0.25) is 5.02 Å². The van der Waals surface area contributed by atoms with E-state index in [0.29, 0.717) is 17.2 Å². The topological polar surface area (TPSA) is 94.1 Å². The molecule has 3 aromatic carbocycles. The highest BCUT2D eigenvalue weighted by Crippen LogP contribution is 2.26. The zero-order valence-electron chi connectivity index (χ0n) is 16.6. The molecule has 4 rings (SSSR count). The summed E-state index contributed by atoms with van der Waals surface area (Å²) in [5, 5.41) is 9.05. The van der Waals surface area contributed by atoms with Gasteiger partial charge in [-0.25, -0.2) is 9.89 Å². The first-order valence-electron chi connectivity index (χ1n) is 9.19. The van der Waals surface area contributed by atoms with Gasteiger partial charge in [0.05, 0.1) is 13.2 Å². The van der Waals surface area contributed by atoms with E-state index < -0.39 is 11.8 Å². The molecule has 4 aromatic rings. The van der Waals surface area contributed by atoms with Crippen molar-refractivity contribution in [2.45, 2.75) is 24.3 Å². The first-order valence-corrected chi connectivity index (χ1v) is 10.0. The third kappa shape index (κ3) is 5.24. The van der Waals surface area contributed by atoms with Gasteiger partial charge >= 0.3 is 5.76 Å². The normalized spacial score (nSPS) is 11.6. The molecule has 1 heterocycles. The number of benzene rings is 3. The van der Waals surface area contributed by atoms with Crippen molar-refractivity contribution in [3.63, 3.8) is 0 Å². The lowest BCUT2D eigenvalue weighted by Crippen LogP contribution is -2.14. The number of nitrogens with one attached hydrogen (secondary N) is 1. The lowest BCUT2D eigenvalue weighted by Gasteiger charge is -2.12. The second-order valence-electron chi connectivity index (χ2n) is 6.67. The highest BCUT2D eigenvalue weighted by molar-refractivity contribution is 7.80. The highest BCUT2D eigenvalue weighted by atomic mass is 35.5. The standard InChI is InChI=1S/C15H15N3O2.C7H7ClOS/c1-9-4-2-5-10-6-3-7-11(13(9)10)8-12(16)14-17-18-15(19)20-14;1-9-6-4-5(8)2-3-7(6)10/h2-7,12H,8,16H2,1H3,(H,18,19);2-4,10H,1H3. The van der Waals surface area contributed by atoms with Crippen molar-refractivity contribution >= 4 is 35.0 Å². The molecule has 0 fully saturated rings. The zero-order valence-corrected chi connectivity index (χ0v) is 18.2. The van der Waals surface area contributed by atoms with Gasteiger partial charge in [-0.15, -0.1) is 17.7 Å². The molecule has 8 heteroatoms. The van der Waals surface area contributed by atoms with E-state index in [-0.39, 0.29) is 5.89 Å². The van der Waals surface area contributed by atoms with Gasteiger partial charge < -0.3 is 14.9 Å². The Balaban J connectivity index is 0.000000216. The minimum Gasteiger partial charge on any atom is -0.496 e. The van der Waals surface area contributed by atoms with Crippen LogP contribution in [-0.2, 0) is 6.42 Å². The largest absolute Gasteiger partial charge is 0.496 e. The average Bonchev–Trinajstić information content (AvgIpc) is 3.17. The van der Waals surface area contributed by atoms with Crippen LogP contribution in [-0.4, -0.2) is 17.3 Å². The van der Waals surface area contributed by atoms with Crippen molar-refractivity contribution in [2.24, 2.45) is 5.73 Å². The molecular formula is C22H22ClN3O3S. The SMILES string of the molecule is COc1cc(Cl)ccc1S.Cc1cccc2cccc(CC(N)c3n[nH]c(=O)o3)c12. The Kier molecular flexibility index (Phi) is 7.20. The van der Waals surface area contributed by atoms with E-state index in [0.717, 1.165) is 10.5 Å². The lowest BCUT2D eigenvalue weighted by atomic mass is 9.96. The number of hydrogen-bond donors (Lipinski definition) is 3. The van der Waals surface area contributed by atoms with Gasteiger partial charge in [0.2, 0.25) is 5.89 Å². The number of aryl methyl sites for hydroxylation is 1. The fourth-order valence-electron chi connectivity index (χ4n) is 3.17. The Labute approximate surface area is 184 Å². The van der Waals surface area contributed by atoms with Crippen molar-refractivity contribution in [1.29, 1.82) is 0 Å². The van der Waals surface area contributed by atoms with E-state index in [1.807, 2.05) is 18.2 Å². The number of rotatable bonds is 4. The third-order valence-electron chi connectivity index (χ3n) is 4.55. The van der Waals surface area contributed by atoms with Gasteiger partial charge in [-0.3, -0.25) is 0 Å². The molecule has 0 aliphatic heterocycles.